The zero-order valence-corrected chi connectivity index (χ0v) is 25.7. The second-order valence-corrected chi connectivity index (χ2v) is 11.2. The molecule has 42 heavy (non-hydrogen) atoms. The molecule has 8 atom stereocenters. The van der Waals surface area contributed by atoms with E-state index in [9.17, 15) is 30.0 Å². The van der Waals surface area contributed by atoms with Crippen molar-refractivity contribution >= 4 is 43.7 Å². The molecule has 6 N–H and O–H groups in total. The van der Waals surface area contributed by atoms with Crippen molar-refractivity contribution in [3.8, 4) is 0 Å². The maximum atomic E-state index is 13.5. The molecule has 2 aromatic carbocycles. The Hall–Kier alpha value is -2.42. The van der Waals surface area contributed by atoms with Crippen molar-refractivity contribution < 1.29 is 39.5 Å². The molecule has 0 bridgehead atoms. The summed E-state index contributed by atoms with van der Waals surface area (Å²) >= 11 is 6.25. The van der Waals surface area contributed by atoms with E-state index < -0.39 is 60.5 Å². The van der Waals surface area contributed by atoms with Gasteiger partial charge >= 0.3 is 0 Å². The fourth-order valence-corrected chi connectivity index (χ4v) is 5.68. The SMILES string of the molecule is O=C(N[C@H]1c2ccccc2C[C@H]1O)[C@H](OC/C=C/Br)[C@H](O)[C@@H](O)[C@@H](OC/C=C/Br)C(=O)N[C@H]1c2ccccc2C[C@H]1O. The van der Waals surface area contributed by atoms with Crippen molar-refractivity contribution in [2.24, 2.45) is 0 Å². The highest BCUT2D eigenvalue weighted by Crippen LogP contribution is 2.33. The Kier molecular flexibility index (Phi) is 11.9. The summed E-state index contributed by atoms with van der Waals surface area (Å²) < 4.78 is 11.3. The lowest BCUT2D eigenvalue weighted by atomic mass is 9.99. The average Bonchev–Trinajstić information content (AvgIpc) is 3.47. The fourth-order valence-electron chi connectivity index (χ4n) is 5.37. The van der Waals surface area contributed by atoms with Crippen molar-refractivity contribution in [3.63, 3.8) is 0 Å². The largest absolute Gasteiger partial charge is 0.390 e. The highest BCUT2D eigenvalue weighted by molar-refractivity contribution is 9.11. The predicted molar refractivity (Wildman–Crippen MR) is 162 cm³/mol. The van der Waals surface area contributed by atoms with Crippen LogP contribution in [0.1, 0.15) is 34.3 Å². The van der Waals surface area contributed by atoms with Gasteiger partial charge in [-0.2, -0.15) is 0 Å². The number of nitrogens with one attached hydrogen (secondary N) is 2. The van der Waals surface area contributed by atoms with Crippen LogP contribution in [-0.2, 0) is 31.9 Å². The third kappa shape index (κ3) is 7.56. The minimum Gasteiger partial charge on any atom is -0.390 e. The monoisotopic (exact) mass is 708 g/mol. The quantitative estimate of drug-likeness (QED) is 0.184. The number of rotatable bonds is 13. The van der Waals surface area contributed by atoms with Crippen LogP contribution >= 0.6 is 31.9 Å². The first-order chi connectivity index (χ1) is 20.3. The summed E-state index contributed by atoms with van der Waals surface area (Å²) in [5.74, 6) is -1.57. The third-order valence-electron chi connectivity index (χ3n) is 7.41. The van der Waals surface area contributed by atoms with E-state index in [2.05, 4.69) is 42.5 Å². The third-order valence-corrected chi connectivity index (χ3v) is 8.16. The molecule has 0 aromatic heterocycles. The highest BCUT2D eigenvalue weighted by Gasteiger charge is 2.43. The molecule has 2 aliphatic rings. The Labute approximate surface area is 260 Å². The van der Waals surface area contributed by atoms with Crippen LogP contribution in [0.3, 0.4) is 0 Å². The van der Waals surface area contributed by atoms with E-state index in [0.717, 1.165) is 22.3 Å². The van der Waals surface area contributed by atoms with Crippen LogP contribution in [0.5, 0.6) is 0 Å². The Balaban J connectivity index is 1.54. The van der Waals surface area contributed by atoms with Crippen LogP contribution in [0.25, 0.3) is 0 Å². The van der Waals surface area contributed by atoms with Gasteiger partial charge in [0.05, 0.1) is 37.5 Å². The molecule has 2 aromatic rings. The number of aliphatic hydroxyl groups excluding tert-OH is 4. The van der Waals surface area contributed by atoms with Gasteiger partial charge in [-0.1, -0.05) is 92.5 Å². The van der Waals surface area contributed by atoms with Gasteiger partial charge in [0.25, 0.3) is 11.8 Å². The van der Waals surface area contributed by atoms with E-state index in [0.29, 0.717) is 12.8 Å². The molecular formula is C30H34Br2N2O8. The molecule has 4 rings (SSSR count). The van der Waals surface area contributed by atoms with Crippen molar-refractivity contribution in [2.75, 3.05) is 13.2 Å². The Morgan fingerprint density at radius 1 is 0.762 bits per heavy atom. The number of carbonyl (C=O) groups is 2. The van der Waals surface area contributed by atoms with Crippen LogP contribution in [0.15, 0.2) is 70.7 Å². The number of hydrogen-bond acceptors (Lipinski definition) is 8. The first kappa shape index (κ1) is 32.5. The summed E-state index contributed by atoms with van der Waals surface area (Å²) in [6, 6.07) is 13.1. The van der Waals surface area contributed by atoms with Crippen LogP contribution < -0.4 is 10.6 Å². The van der Waals surface area contributed by atoms with Crippen LogP contribution in [0.2, 0.25) is 0 Å². The number of ether oxygens (including phenoxy) is 2. The van der Waals surface area contributed by atoms with Gasteiger partial charge in [-0.05, 0) is 32.2 Å². The number of amides is 2. The molecule has 0 saturated heterocycles. The van der Waals surface area contributed by atoms with E-state index in [4.69, 9.17) is 9.47 Å². The molecule has 0 spiro atoms. The zero-order valence-electron chi connectivity index (χ0n) is 22.6. The van der Waals surface area contributed by atoms with Gasteiger partial charge in [-0.25, -0.2) is 0 Å². The maximum Gasteiger partial charge on any atom is 0.252 e. The molecule has 0 heterocycles. The summed E-state index contributed by atoms with van der Waals surface area (Å²) in [6.45, 7) is -0.210. The summed E-state index contributed by atoms with van der Waals surface area (Å²) in [5, 5.41) is 49.2. The van der Waals surface area contributed by atoms with E-state index in [1.165, 1.54) is 9.97 Å². The molecule has 12 heteroatoms. The molecular weight excluding hydrogens is 676 g/mol. The van der Waals surface area contributed by atoms with Crippen LogP contribution in [0.4, 0.5) is 0 Å². The summed E-state index contributed by atoms with van der Waals surface area (Å²) in [6.07, 6.45) is -5.10. The van der Waals surface area contributed by atoms with Crippen LogP contribution in [-0.4, -0.2) is 82.1 Å². The average molecular weight is 710 g/mol. The molecule has 0 radical (unpaired) electrons. The van der Waals surface area contributed by atoms with E-state index in [-0.39, 0.29) is 13.2 Å². The standard InChI is InChI=1S/C30H34Br2N2O8/c31-11-5-13-41-27(29(39)33-23-19-9-3-1-7-17(19)15-21(23)35)25(37)26(38)28(42-14-6-12-32)30(40)34-24-20-10-4-2-8-18(20)16-22(24)36/h1-12,21-28,35-38H,13-16H2,(H,33,39)(H,34,40)/b11-5+,12-6+/t21-,22-,23+,24+,25-,26-,27-,28-/m1/s1. The van der Waals surface area contributed by atoms with E-state index >= 15 is 0 Å². The van der Waals surface area contributed by atoms with Crippen molar-refractivity contribution in [1.29, 1.82) is 0 Å². The smallest absolute Gasteiger partial charge is 0.252 e. The van der Waals surface area contributed by atoms with E-state index in [1.807, 2.05) is 24.3 Å². The number of aliphatic hydroxyl groups is 4. The Morgan fingerprint density at radius 2 is 1.14 bits per heavy atom. The lowest BCUT2D eigenvalue weighted by Gasteiger charge is -2.32. The second kappa shape index (κ2) is 15.3. The summed E-state index contributed by atoms with van der Waals surface area (Å²) in [7, 11) is 0. The topological polar surface area (TPSA) is 158 Å². The van der Waals surface area contributed by atoms with Gasteiger partial charge < -0.3 is 40.5 Å². The molecule has 2 aliphatic carbocycles. The lowest BCUT2D eigenvalue weighted by Crippen LogP contribution is -2.57. The fraction of sp³-hybridized carbons (Fsp3) is 0.400. The summed E-state index contributed by atoms with van der Waals surface area (Å²) in [5.41, 5.74) is 3.25. The minimum atomic E-state index is -1.91. The first-order valence-electron chi connectivity index (χ1n) is 13.5. The predicted octanol–water partition coefficient (Wildman–Crippen LogP) is 1.84. The number of benzene rings is 2. The molecule has 0 unspecified atom stereocenters. The number of halogens is 2. The van der Waals surface area contributed by atoms with Crippen molar-refractivity contribution in [1.82, 2.24) is 10.6 Å². The Morgan fingerprint density at radius 3 is 1.52 bits per heavy atom. The second-order valence-electron chi connectivity index (χ2n) is 10.1. The molecule has 10 nitrogen and oxygen atoms in total. The van der Waals surface area contributed by atoms with Gasteiger partial charge in [-0.3, -0.25) is 9.59 Å². The normalized spacial score (nSPS) is 24.2. The minimum absolute atomic E-state index is 0.105. The van der Waals surface area contributed by atoms with Gasteiger partial charge in [0, 0.05) is 12.8 Å². The zero-order chi connectivity index (χ0) is 30.2. The number of hydrogen-bond donors (Lipinski definition) is 6. The first-order valence-corrected chi connectivity index (χ1v) is 15.3. The maximum absolute atomic E-state index is 13.5. The van der Waals surface area contributed by atoms with Gasteiger partial charge in [0.2, 0.25) is 0 Å². The molecule has 2 amide bonds. The van der Waals surface area contributed by atoms with Crippen molar-refractivity contribution in [3.05, 3.63) is 92.9 Å². The van der Waals surface area contributed by atoms with Gasteiger partial charge in [0.15, 0.2) is 12.2 Å². The number of carbonyl (C=O) groups excluding carboxylic acids is 2. The van der Waals surface area contributed by atoms with Gasteiger partial charge in [0.1, 0.15) is 12.2 Å². The summed E-state index contributed by atoms with van der Waals surface area (Å²) in [4.78, 5) is 29.9. The molecule has 226 valence electrons. The molecule has 0 aliphatic heterocycles. The van der Waals surface area contributed by atoms with E-state index in [1.54, 1.807) is 36.4 Å². The number of fused-ring (bicyclic) bond motifs is 2. The molecule has 0 saturated carbocycles. The van der Waals surface area contributed by atoms with Crippen LogP contribution in [0, 0.1) is 0 Å². The highest BCUT2D eigenvalue weighted by atomic mass is 79.9. The van der Waals surface area contributed by atoms with Crippen molar-refractivity contribution in [2.45, 2.75) is 61.5 Å². The van der Waals surface area contributed by atoms with Gasteiger partial charge in [-0.15, -0.1) is 0 Å². The molecule has 0 fully saturated rings. The lowest BCUT2D eigenvalue weighted by molar-refractivity contribution is -0.166. The Bertz CT molecular complexity index is 1190.